The highest BCUT2D eigenvalue weighted by Gasteiger charge is 2.51. The van der Waals surface area contributed by atoms with E-state index >= 15 is 0 Å². The van der Waals surface area contributed by atoms with Crippen LogP contribution < -0.4 is 15.5 Å². The number of carbonyl (C=O) groups excluding carboxylic acids is 1. The molecule has 1 amide bonds. The Hall–Kier alpha value is -1.60. The molecule has 1 aromatic heterocycles. The van der Waals surface area contributed by atoms with E-state index in [4.69, 9.17) is 14.0 Å². The van der Waals surface area contributed by atoms with E-state index in [1.54, 1.807) is 18.3 Å². The fourth-order valence-corrected chi connectivity index (χ4v) is 2.03. The van der Waals surface area contributed by atoms with Crippen LogP contribution in [0.5, 0.6) is 5.88 Å². The van der Waals surface area contributed by atoms with E-state index < -0.39 is 24.4 Å². The molecule has 0 spiro atoms. The standard InChI is InChI=1S/C16H25BN2O4/c1-14(2,3)19-13(20)21-12-10-11(8-9-18-12)17-22-15(4,5)16(6,7)23-17/h8-10H,1-7H3,(H,19,20). The second-order valence-corrected chi connectivity index (χ2v) is 7.78. The van der Waals surface area contributed by atoms with Crippen molar-refractivity contribution in [2.45, 2.75) is 65.2 Å². The summed E-state index contributed by atoms with van der Waals surface area (Å²) in [5, 5.41) is 2.72. The normalized spacial score (nSPS) is 19.5. The lowest BCUT2D eigenvalue weighted by molar-refractivity contribution is 0.00578. The van der Waals surface area contributed by atoms with Crippen molar-refractivity contribution in [1.82, 2.24) is 10.3 Å². The third-order valence-electron chi connectivity index (χ3n) is 3.96. The summed E-state index contributed by atoms with van der Waals surface area (Å²) in [6, 6.07) is 3.45. The van der Waals surface area contributed by atoms with Crippen LogP contribution in [-0.2, 0) is 9.31 Å². The number of aromatic nitrogens is 1. The molecule has 0 aromatic carbocycles. The van der Waals surface area contributed by atoms with Crippen molar-refractivity contribution in [2.24, 2.45) is 0 Å². The Morgan fingerprint density at radius 2 is 1.78 bits per heavy atom. The molecular formula is C16H25BN2O4. The van der Waals surface area contributed by atoms with Gasteiger partial charge in [-0.05, 0) is 60.0 Å². The van der Waals surface area contributed by atoms with Gasteiger partial charge >= 0.3 is 13.2 Å². The highest BCUT2D eigenvalue weighted by atomic mass is 16.7. The Kier molecular flexibility index (Phi) is 4.48. The second kappa shape index (κ2) is 5.80. The highest BCUT2D eigenvalue weighted by molar-refractivity contribution is 6.62. The third kappa shape index (κ3) is 4.23. The number of hydrogen-bond donors (Lipinski definition) is 1. The van der Waals surface area contributed by atoms with Gasteiger partial charge in [-0.1, -0.05) is 0 Å². The molecule has 2 heterocycles. The summed E-state index contributed by atoms with van der Waals surface area (Å²) in [5.41, 5.74) is -0.463. The number of amides is 1. The van der Waals surface area contributed by atoms with Crippen LogP contribution in [0, 0.1) is 0 Å². The first-order valence-corrected chi connectivity index (χ1v) is 7.71. The van der Waals surface area contributed by atoms with Crippen molar-refractivity contribution in [3.63, 3.8) is 0 Å². The second-order valence-electron chi connectivity index (χ2n) is 7.78. The minimum Gasteiger partial charge on any atom is -0.399 e. The van der Waals surface area contributed by atoms with Gasteiger partial charge in [-0.2, -0.15) is 0 Å². The predicted molar refractivity (Wildman–Crippen MR) is 88.9 cm³/mol. The first-order chi connectivity index (χ1) is 10.4. The maximum atomic E-state index is 11.8. The average Bonchev–Trinajstić information content (AvgIpc) is 2.56. The summed E-state index contributed by atoms with van der Waals surface area (Å²) >= 11 is 0. The highest BCUT2D eigenvalue weighted by Crippen LogP contribution is 2.36. The quantitative estimate of drug-likeness (QED) is 0.847. The van der Waals surface area contributed by atoms with Crippen LogP contribution in [0.2, 0.25) is 0 Å². The van der Waals surface area contributed by atoms with Crippen molar-refractivity contribution < 1.29 is 18.8 Å². The van der Waals surface area contributed by atoms with Gasteiger partial charge in [0.1, 0.15) is 0 Å². The molecule has 1 fully saturated rings. The van der Waals surface area contributed by atoms with Crippen LogP contribution in [0.15, 0.2) is 18.3 Å². The molecule has 126 valence electrons. The van der Waals surface area contributed by atoms with Crippen LogP contribution in [0.4, 0.5) is 4.79 Å². The molecular weight excluding hydrogens is 295 g/mol. The first-order valence-electron chi connectivity index (χ1n) is 7.71. The van der Waals surface area contributed by atoms with Crippen molar-refractivity contribution >= 4 is 18.7 Å². The number of ether oxygens (including phenoxy) is 1. The Morgan fingerprint density at radius 1 is 1.22 bits per heavy atom. The molecule has 1 N–H and O–H groups in total. The molecule has 23 heavy (non-hydrogen) atoms. The maximum Gasteiger partial charge on any atom is 0.495 e. The molecule has 0 atom stereocenters. The molecule has 1 aliphatic rings. The molecule has 0 aliphatic carbocycles. The van der Waals surface area contributed by atoms with Gasteiger partial charge in [0.25, 0.3) is 0 Å². The molecule has 0 unspecified atom stereocenters. The molecule has 1 saturated heterocycles. The Morgan fingerprint density at radius 3 is 2.30 bits per heavy atom. The summed E-state index contributed by atoms with van der Waals surface area (Å²) in [6.07, 6.45) is 1.02. The zero-order valence-electron chi connectivity index (χ0n) is 14.9. The topological polar surface area (TPSA) is 69.7 Å². The Balaban J connectivity index is 2.11. The average molecular weight is 320 g/mol. The zero-order valence-corrected chi connectivity index (χ0v) is 14.9. The summed E-state index contributed by atoms with van der Waals surface area (Å²) < 4.78 is 17.2. The van der Waals surface area contributed by atoms with Crippen LogP contribution in [0.1, 0.15) is 48.5 Å². The molecule has 6 nitrogen and oxygen atoms in total. The SMILES string of the molecule is CC(C)(C)NC(=O)Oc1cc(B2OC(C)(C)C(C)(C)O2)ccn1. The van der Waals surface area contributed by atoms with E-state index in [1.165, 1.54) is 0 Å². The van der Waals surface area contributed by atoms with E-state index in [0.29, 0.717) is 0 Å². The molecule has 0 radical (unpaired) electrons. The van der Waals surface area contributed by atoms with Gasteiger partial charge in [0.15, 0.2) is 0 Å². The molecule has 2 rings (SSSR count). The number of pyridine rings is 1. The lowest BCUT2D eigenvalue weighted by Crippen LogP contribution is -2.42. The van der Waals surface area contributed by atoms with Crippen molar-refractivity contribution in [3.05, 3.63) is 18.3 Å². The van der Waals surface area contributed by atoms with Crippen molar-refractivity contribution in [2.75, 3.05) is 0 Å². The fraction of sp³-hybridized carbons (Fsp3) is 0.625. The minimum absolute atomic E-state index is 0.207. The lowest BCUT2D eigenvalue weighted by Gasteiger charge is -2.32. The predicted octanol–water partition coefficient (Wildman–Crippen LogP) is 2.27. The number of nitrogens with zero attached hydrogens (tertiary/aromatic N) is 1. The van der Waals surface area contributed by atoms with Gasteiger partial charge in [-0.25, -0.2) is 9.78 Å². The molecule has 1 aromatic rings. The molecule has 0 bridgehead atoms. The minimum atomic E-state index is -0.545. The van der Waals surface area contributed by atoms with Crippen molar-refractivity contribution in [1.29, 1.82) is 0 Å². The van der Waals surface area contributed by atoms with Gasteiger partial charge in [-0.3, -0.25) is 0 Å². The summed E-state index contributed by atoms with van der Waals surface area (Å²) in [7, 11) is -0.518. The largest absolute Gasteiger partial charge is 0.495 e. The molecule has 0 saturated carbocycles. The van der Waals surface area contributed by atoms with Crippen LogP contribution in [0.3, 0.4) is 0 Å². The van der Waals surface area contributed by atoms with Gasteiger partial charge in [-0.15, -0.1) is 0 Å². The van der Waals surface area contributed by atoms with E-state index in [-0.39, 0.29) is 11.4 Å². The Labute approximate surface area is 138 Å². The van der Waals surface area contributed by atoms with E-state index in [0.717, 1.165) is 5.46 Å². The molecule has 7 heteroatoms. The summed E-state index contributed by atoms with van der Waals surface area (Å²) in [5.74, 6) is 0.207. The van der Waals surface area contributed by atoms with Crippen LogP contribution in [0.25, 0.3) is 0 Å². The Bertz CT molecular complexity index is 580. The lowest BCUT2D eigenvalue weighted by atomic mass is 9.80. The summed E-state index contributed by atoms with van der Waals surface area (Å²) in [6.45, 7) is 13.6. The third-order valence-corrected chi connectivity index (χ3v) is 3.96. The van der Waals surface area contributed by atoms with Crippen LogP contribution >= 0.6 is 0 Å². The fourth-order valence-electron chi connectivity index (χ4n) is 2.03. The number of hydrogen-bond acceptors (Lipinski definition) is 5. The van der Waals surface area contributed by atoms with Crippen LogP contribution in [-0.4, -0.2) is 34.9 Å². The van der Waals surface area contributed by atoms with E-state index in [9.17, 15) is 4.79 Å². The maximum absolute atomic E-state index is 11.8. The monoisotopic (exact) mass is 320 g/mol. The number of carbonyl (C=O) groups is 1. The van der Waals surface area contributed by atoms with Gasteiger partial charge in [0.05, 0.1) is 11.2 Å². The first kappa shape index (κ1) is 17.8. The zero-order chi connectivity index (χ0) is 17.5. The van der Waals surface area contributed by atoms with E-state index in [1.807, 2.05) is 48.5 Å². The molecule has 1 aliphatic heterocycles. The van der Waals surface area contributed by atoms with Crippen molar-refractivity contribution in [3.8, 4) is 5.88 Å². The van der Waals surface area contributed by atoms with Gasteiger partial charge in [0.2, 0.25) is 5.88 Å². The van der Waals surface area contributed by atoms with Gasteiger partial charge < -0.3 is 19.4 Å². The van der Waals surface area contributed by atoms with E-state index in [2.05, 4.69) is 10.3 Å². The summed E-state index contributed by atoms with van der Waals surface area (Å²) in [4.78, 5) is 15.9. The number of nitrogens with one attached hydrogen (secondary N) is 1. The number of rotatable bonds is 2. The van der Waals surface area contributed by atoms with Gasteiger partial charge in [0, 0.05) is 17.8 Å². The smallest absolute Gasteiger partial charge is 0.399 e.